The summed E-state index contributed by atoms with van der Waals surface area (Å²) >= 11 is 0. The zero-order chi connectivity index (χ0) is 17.9. The highest BCUT2D eigenvalue weighted by Crippen LogP contribution is 2.32. The van der Waals surface area contributed by atoms with E-state index in [1.54, 1.807) is 30.9 Å². The second kappa shape index (κ2) is 6.72. The number of Topliss-reactive ketones (excluding diaryl/α,β-unsaturated/α-hetero) is 1. The van der Waals surface area contributed by atoms with Crippen molar-refractivity contribution in [2.24, 2.45) is 0 Å². The third-order valence-electron chi connectivity index (χ3n) is 4.25. The summed E-state index contributed by atoms with van der Waals surface area (Å²) in [4.78, 5) is 34.4. The second-order valence-corrected chi connectivity index (χ2v) is 5.91. The summed E-state index contributed by atoms with van der Waals surface area (Å²) in [5.74, 6) is -0.973. The Morgan fingerprint density at radius 1 is 0.923 bits per heavy atom. The first-order chi connectivity index (χ1) is 12.7. The van der Waals surface area contributed by atoms with E-state index < -0.39 is 11.7 Å². The topological polar surface area (TPSA) is 63.2 Å². The van der Waals surface area contributed by atoms with Gasteiger partial charge >= 0.3 is 0 Å². The third-order valence-corrected chi connectivity index (χ3v) is 4.25. The molecular formula is C21H15N3O2. The van der Waals surface area contributed by atoms with Crippen LogP contribution in [0.25, 0.3) is 17.2 Å². The van der Waals surface area contributed by atoms with Crippen LogP contribution in [0.15, 0.2) is 73.3 Å². The molecule has 1 amide bonds. The smallest absolute Gasteiger partial charge is 0.299 e. The monoisotopic (exact) mass is 341 g/mol. The van der Waals surface area contributed by atoms with Gasteiger partial charge in [-0.2, -0.15) is 0 Å². The molecule has 2 aromatic heterocycles. The number of benzene rings is 1. The maximum Gasteiger partial charge on any atom is 0.299 e. The highest BCUT2D eigenvalue weighted by atomic mass is 16.2. The van der Waals surface area contributed by atoms with Gasteiger partial charge in [-0.3, -0.25) is 19.6 Å². The van der Waals surface area contributed by atoms with Gasteiger partial charge in [0.25, 0.3) is 11.7 Å². The number of hydrogen-bond acceptors (Lipinski definition) is 4. The van der Waals surface area contributed by atoms with Crippen molar-refractivity contribution in [2.45, 2.75) is 0 Å². The predicted octanol–water partition coefficient (Wildman–Crippen LogP) is 3.39. The molecule has 26 heavy (non-hydrogen) atoms. The van der Waals surface area contributed by atoms with Gasteiger partial charge in [-0.1, -0.05) is 30.4 Å². The summed E-state index contributed by atoms with van der Waals surface area (Å²) in [5.41, 5.74) is 3.79. The zero-order valence-electron chi connectivity index (χ0n) is 13.9. The highest BCUT2D eigenvalue weighted by molar-refractivity contribution is 6.52. The molecule has 0 bridgehead atoms. The van der Waals surface area contributed by atoms with Gasteiger partial charge in [0.1, 0.15) is 0 Å². The van der Waals surface area contributed by atoms with Crippen LogP contribution in [-0.4, -0.2) is 28.2 Å². The molecule has 0 radical (unpaired) electrons. The molecule has 0 N–H and O–H groups in total. The van der Waals surface area contributed by atoms with E-state index in [4.69, 9.17) is 0 Å². The Kier molecular flexibility index (Phi) is 4.11. The van der Waals surface area contributed by atoms with E-state index in [9.17, 15) is 9.59 Å². The first-order valence-electron chi connectivity index (χ1n) is 8.21. The van der Waals surface area contributed by atoms with E-state index in [1.807, 2.05) is 48.6 Å². The molecule has 1 aliphatic heterocycles. The van der Waals surface area contributed by atoms with Gasteiger partial charge < -0.3 is 4.90 Å². The van der Waals surface area contributed by atoms with Crippen LogP contribution in [0.5, 0.6) is 0 Å². The maximum absolute atomic E-state index is 12.4. The highest BCUT2D eigenvalue weighted by Gasteiger charge is 2.35. The standard InChI is InChI=1S/C21H15N3O2/c25-20-18-12-16(17-6-2-10-23-14-17)7-8-19(18)24(21(20)26)11-3-5-15-4-1-9-22-13-15/h1-10,12-14H,11H2. The van der Waals surface area contributed by atoms with Gasteiger partial charge in [-0.05, 0) is 35.4 Å². The second-order valence-electron chi connectivity index (χ2n) is 5.91. The van der Waals surface area contributed by atoms with Gasteiger partial charge in [-0.25, -0.2) is 0 Å². The van der Waals surface area contributed by atoms with Crippen LogP contribution < -0.4 is 4.90 Å². The predicted molar refractivity (Wildman–Crippen MR) is 99.6 cm³/mol. The quantitative estimate of drug-likeness (QED) is 0.683. The van der Waals surface area contributed by atoms with Crippen LogP contribution in [-0.2, 0) is 4.79 Å². The lowest BCUT2D eigenvalue weighted by Gasteiger charge is -2.14. The van der Waals surface area contributed by atoms with Crippen molar-refractivity contribution in [1.82, 2.24) is 9.97 Å². The van der Waals surface area contributed by atoms with Crippen molar-refractivity contribution in [1.29, 1.82) is 0 Å². The van der Waals surface area contributed by atoms with Crippen LogP contribution in [0.2, 0.25) is 0 Å². The first kappa shape index (κ1) is 15.9. The summed E-state index contributed by atoms with van der Waals surface area (Å²) < 4.78 is 0. The Hall–Kier alpha value is -3.60. The molecule has 0 atom stereocenters. The van der Waals surface area contributed by atoms with Crippen molar-refractivity contribution in [3.05, 3.63) is 84.5 Å². The van der Waals surface area contributed by atoms with Gasteiger partial charge in [0, 0.05) is 36.9 Å². The Morgan fingerprint density at radius 2 is 1.73 bits per heavy atom. The molecule has 0 aliphatic carbocycles. The molecule has 0 saturated carbocycles. The largest absolute Gasteiger partial charge is 0.301 e. The lowest BCUT2D eigenvalue weighted by Crippen LogP contribution is -2.29. The van der Waals surface area contributed by atoms with Gasteiger partial charge in [0.15, 0.2) is 0 Å². The number of ketones is 1. The molecule has 3 heterocycles. The van der Waals surface area contributed by atoms with E-state index in [0.717, 1.165) is 16.7 Å². The van der Waals surface area contributed by atoms with Gasteiger partial charge in [-0.15, -0.1) is 0 Å². The Balaban J connectivity index is 1.61. The van der Waals surface area contributed by atoms with Crippen LogP contribution in [0.3, 0.4) is 0 Å². The van der Waals surface area contributed by atoms with Gasteiger partial charge in [0.2, 0.25) is 0 Å². The number of carbonyl (C=O) groups excluding carboxylic acids is 2. The number of carbonyl (C=O) groups is 2. The number of amides is 1. The van der Waals surface area contributed by atoms with Crippen molar-refractivity contribution in [3.63, 3.8) is 0 Å². The fourth-order valence-corrected chi connectivity index (χ4v) is 2.96. The number of anilines is 1. The lowest BCUT2D eigenvalue weighted by atomic mass is 10.0. The fraction of sp³-hybridized carbons (Fsp3) is 0.0476. The molecule has 0 spiro atoms. The van der Waals surface area contributed by atoms with E-state index in [1.165, 1.54) is 4.90 Å². The van der Waals surface area contributed by atoms with E-state index in [-0.39, 0.29) is 0 Å². The van der Waals surface area contributed by atoms with Crippen LogP contribution in [0, 0.1) is 0 Å². The van der Waals surface area contributed by atoms with Crippen molar-refractivity contribution in [2.75, 3.05) is 11.4 Å². The first-order valence-corrected chi connectivity index (χ1v) is 8.21. The fourth-order valence-electron chi connectivity index (χ4n) is 2.96. The Bertz CT molecular complexity index is 998. The third kappa shape index (κ3) is 2.91. The van der Waals surface area contributed by atoms with Crippen LogP contribution in [0.1, 0.15) is 15.9 Å². The average molecular weight is 341 g/mol. The normalized spacial score (nSPS) is 13.5. The van der Waals surface area contributed by atoms with Crippen molar-refractivity contribution < 1.29 is 9.59 Å². The zero-order valence-corrected chi connectivity index (χ0v) is 13.9. The Morgan fingerprint density at radius 3 is 2.46 bits per heavy atom. The molecule has 5 heteroatoms. The molecule has 0 unspecified atom stereocenters. The SMILES string of the molecule is O=C1C(=O)N(CC=Cc2cccnc2)c2ccc(-c3cccnc3)cc21. The molecule has 3 aromatic rings. The summed E-state index contributed by atoms with van der Waals surface area (Å²) in [7, 11) is 0. The number of hydrogen-bond donors (Lipinski definition) is 0. The molecule has 4 rings (SSSR count). The lowest BCUT2D eigenvalue weighted by molar-refractivity contribution is -0.114. The molecule has 5 nitrogen and oxygen atoms in total. The van der Waals surface area contributed by atoms with E-state index in [0.29, 0.717) is 17.8 Å². The number of aromatic nitrogens is 2. The minimum atomic E-state index is -0.501. The maximum atomic E-state index is 12.4. The molecule has 126 valence electrons. The van der Waals surface area contributed by atoms with Crippen LogP contribution in [0.4, 0.5) is 5.69 Å². The van der Waals surface area contributed by atoms with Crippen molar-refractivity contribution >= 4 is 23.5 Å². The van der Waals surface area contributed by atoms with E-state index in [2.05, 4.69) is 9.97 Å². The molecule has 1 aliphatic rings. The number of pyridine rings is 2. The summed E-state index contributed by atoms with van der Waals surface area (Å²) in [6.45, 7) is 0.332. The number of nitrogens with zero attached hydrogens (tertiary/aromatic N) is 3. The molecule has 1 aromatic carbocycles. The number of fused-ring (bicyclic) bond motifs is 1. The summed E-state index contributed by atoms with van der Waals surface area (Å²) in [6, 6.07) is 13.0. The average Bonchev–Trinajstić information content (AvgIpc) is 2.94. The van der Waals surface area contributed by atoms with Crippen LogP contribution >= 0.6 is 0 Å². The number of rotatable bonds is 4. The van der Waals surface area contributed by atoms with Gasteiger partial charge in [0.05, 0.1) is 11.3 Å². The summed E-state index contributed by atoms with van der Waals surface area (Å²) in [5, 5.41) is 0. The molecule has 0 fully saturated rings. The minimum Gasteiger partial charge on any atom is -0.301 e. The van der Waals surface area contributed by atoms with Crippen molar-refractivity contribution in [3.8, 4) is 11.1 Å². The molecule has 0 saturated heterocycles. The Labute approximate surface area is 150 Å². The minimum absolute atomic E-state index is 0.332. The van der Waals surface area contributed by atoms with E-state index >= 15 is 0 Å². The summed E-state index contributed by atoms with van der Waals surface area (Å²) in [6.07, 6.45) is 10.6. The molecular weight excluding hydrogens is 326 g/mol.